The number of aromatic nitrogens is 2. The second-order valence-corrected chi connectivity index (χ2v) is 5.39. The number of aryl methyl sites for hydroxylation is 1. The Morgan fingerprint density at radius 2 is 1.95 bits per heavy atom. The summed E-state index contributed by atoms with van der Waals surface area (Å²) < 4.78 is 6.03. The molecule has 0 atom stereocenters. The van der Waals surface area contributed by atoms with Crippen LogP contribution in [0.2, 0.25) is 0 Å². The van der Waals surface area contributed by atoms with Gasteiger partial charge in [-0.15, -0.1) is 0 Å². The lowest BCUT2D eigenvalue weighted by Gasteiger charge is -2.17. The van der Waals surface area contributed by atoms with Crippen LogP contribution in [0.4, 0.5) is 5.82 Å². The highest BCUT2D eigenvalue weighted by atomic mass is 16.5. The van der Waals surface area contributed by atoms with E-state index in [-0.39, 0.29) is 5.92 Å². The Balaban J connectivity index is 2.36. The Morgan fingerprint density at radius 3 is 2.62 bits per heavy atom. The molecule has 1 N–H and O–H groups in total. The molecule has 0 spiro atoms. The zero-order valence-corrected chi connectivity index (χ0v) is 13.2. The predicted octanol–water partition coefficient (Wildman–Crippen LogP) is 4.52. The highest BCUT2D eigenvalue weighted by molar-refractivity contribution is 5.52. The van der Waals surface area contributed by atoms with Gasteiger partial charge in [0.25, 0.3) is 0 Å². The molecule has 21 heavy (non-hydrogen) atoms. The van der Waals surface area contributed by atoms with Gasteiger partial charge in [0.05, 0.1) is 5.56 Å². The van der Waals surface area contributed by atoms with Gasteiger partial charge < -0.3 is 10.1 Å². The van der Waals surface area contributed by atoms with E-state index in [0.29, 0.717) is 5.88 Å². The molecule has 0 aliphatic rings. The molecule has 0 saturated carbocycles. The summed E-state index contributed by atoms with van der Waals surface area (Å²) in [5.74, 6) is 2.61. The molecule has 1 aromatic carbocycles. The molecule has 1 aromatic heterocycles. The molecule has 0 aliphatic heterocycles. The molecule has 4 heteroatoms. The van der Waals surface area contributed by atoms with Crippen LogP contribution >= 0.6 is 0 Å². The number of anilines is 1. The van der Waals surface area contributed by atoms with Crippen molar-refractivity contribution in [1.82, 2.24) is 9.97 Å². The molecule has 112 valence electrons. The van der Waals surface area contributed by atoms with Gasteiger partial charge in [-0.1, -0.05) is 39.0 Å². The monoisotopic (exact) mass is 285 g/mol. The Hall–Kier alpha value is -2.10. The number of nitrogens with one attached hydrogen (secondary N) is 1. The molecule has 0 saturated heterocycles. The van der Waals surface area contributed by atoms with Crippen molar-refractivity contribution in [2.45, 2.75) is 40.0 Å². The maximum Gasteiger partial charge on any atom is 0.227 e. The summed E-state index contributed by atoms with van der Waals surface area (Å²) in [6, 6.07) is 7.96. The molecule has 0 amide bonds. The van der Waals surface area contributed by atoms with E-state index < -0.39 is 0 Å². The highest BCUT2D eigenvalue weighted by Crippen LogP contribution is 2.33. The summed E-state index contributed by atoms with van der Waals surface area (Å²) in [4.78, 5) is 8.69. The van der Waals surface area contributed by atoms with Crippen molar-refractivity contribution in [3.63, 3.8) is 0 Å². The number of nitrogens with zero attached hydrogens (tertiary/aromatic N) is 2. The summed E-state index contributed by atoms with van der Waals surface area (Å²) in [6.45, 7) is 9.30. The van der Waals surface area contributed by atoms with E-state index in [1.165, 1.54) is 0 Å². The van der Waals surface area contributed by atoms with Gasteiger partial charge in [-0.2, -0.15) is 0 Å². The van der Waals surface area contributed by atoms with E-state index in [4.69, 9.17) is 4.74 Å². The number of hydrogen-bond donors (Lipinski definition) is 1. The third kappa shape index (κ3) is 3.72. The van der Waals surface area contributed by atoms with Crippen LogP contribution in [0, 0.1) is 6.92 Å². The molecular formula is C17H23N3O. The van der Waals surface area contributed by atoms with Crippen LogP contribution in [0.15, 0.2) is 30.6 Å². The minimum absolute atomic E-state index is 0.282. The number of benzene rings is 1. The predicted molar refractivity (Wildman–Crippen MR) is 86.2 cm³/mol. The SMILES string of the molecule is CCCNc1ncnc(Oc2ccccc2C)c1C(C)C. The third-order valence-electron chi connectivity index (χ3n) is 3.27. The number of para-hydroxylation sites is 1. The zero-order valence-electron chi connectivity index (χ0n) is 13.2. The summed E-state index contributed by atoms with van der Waals surface area (Å²) in [6.07, 6.45) is 2.60. The largest absolute Gasteiger partial charge is 0.438 e. The van der Waals surface area contributed by atoms with E-state index in [9.17, 15) is 0 Å². The van der Waals surface area contributed by atoms with E-state index in [0.717, 1.165) is 35.7 Å². The fraction of sp³-hybridized carbons (Fsp3) is 0.412. The fourth-order valence-corrected chi connectivity index (χ4v) is 2.14. The summed E-state index contributed by atoms with van der Waals surface area (Å²) in [5, 5.41) is 3.35. The van der Waals surface area contributed by atoms with Crippen molar-refractivity contribution >= 4 is 5.82 Å². The standard InChI is InChI=1S/C17H23N3O/c1-5-10-18-16-15(12(2)3)17(20-11-19-16)21-14-9-7-6-8-13(14)4/h6-9,11-12H,5,10H2,1-4H3,(H,18,19,20). The zero-order chi connectivity index (χ0) is 15.2. The summed E-state index contributed by atoms with van der Waals surface area (Å²) in [7, 11) is 0. The van der Waals surface area contributed by atoms with Crippen LogP contribution in [0.5, 0.6) is 11.6 Å². The molecule has 2 aromatic rings. The Morgan fingerprint density at radius 1 is 1.19 bits per heavy atom. The topological polar surface area (TPSA) is 47.0 Å². The second kappa shape index (κ2) is 7.07. The smallest absolute Gasteiger partial charge is 0.227 e. The molecule has 0 aliphatic carbocycles. The molecular weight excluding hydrogens is 262 g/mol. The van der Waals surface area contributed by atoms with Gasteiger partial charge in [-0.3, -0.25) is 0 Å². The molecule has 0 bridgehead atoms. The maximum atomic E-state index is 6.03. The van der Waals surface area contributed by atoms with Crippen LogP contribution in [-0.2, 0) is 0 Å². The Kier molecular flexibility index (Phi) is 5.14. The van der Waals surface area contributed by atoms with Crippen LogP contribution in [-0.4, -0.2) is 16.5 Å². The Bertz CT molecular complexity index is 596. The third-order valence-corrected chi connectivity index (χ3v) is 3.27. The summed E-state index contributed by atoms with van der Waals surface area (Å²) >= 11 is 0. The van der Waals surface area contributed by atoms with Crippen molar-refractivity contribution in [2.75, 3.05) is 11.9 Å². The van der Waals surface area contributed by atoms with Crippen molar-refractivity contribution in [3.8, 4) is 11.6 Å². The number of ether oxygens (including phenoxy) is 1. The quantitative estimate of drug-likeness (QED) is 0.847. The van der Waals surface area contributed by atoms with E-state index in [2.05, 4.69) is 36.1 Å². The van der Waals surface area contributed by atoms with Gasteiger partial charge in [0, 0.05) is 6.54 Å². The first-order chi connectivity index (χ1) is 10.1. The van der Waals surface area contributed by atoms with Gasteiger partial charge in [-0.05, 0) is 30.9 Å². The van der Waals surface area contributed by atoms with E-state index in [1.807, 2.05) is 31.2 Å². The normalized spacial score (nSPS) is 10.7. The molecule has 0 fully saturated rings. The fourth-order valence-electron chi connectivity index (χ4n) is 2.14. The van der Waals surface area contributed by atoms with Crippen molar-refractivity contribution < 1.29 is 4.74 Å². The molecule has 2 rings (SSSR count). The highest BCUT2D eigenvalue weighted by Gasteiger charge is 2.17. The molecule has 1 heterocycles. The summed E-state index contributed by atoms with van der Waals surface area (Å²) in [5.41, 5.74) is 2.11. The van der Waals surface area contributed by atoms with Gasteiger partial charge in [0.1, 0.15) is 17.9 Å². The van der Waals surface area contributed by atoms with Crippen LogP contribution in [0.25, 0.3) is 0 Å². The maximum absolute atomic E-state index is 6.03. The minimum atomic E-state index is 0.282. The second-order valence-electron chi connectivity index (χ2n) is 5.39. The lowest BCUT2D eigenvalue weighted by molar-refractivity contribution is 0.448. The van der Waals surface area contributed by atoms with Gasteiger partial charge in [-0.25, -0.2) is 9.97 Å². The van der Waals surface area contributed by atoms with Crippen LogP contribution < -0.4 is 10.1 Å². The minimum Gasteiger partial charge on any atom is -0.438 e. The lowest BCUT2D eigenvalue weighted by atomic mass is 10.1. The van der Waals surface area contributed by atoms with E-state index in [1.54, 1.807) is 6.33 Å². The molecule has 0 unspecified atom stereocenters. The van der Waals surface area contributed by atoms with Crippen LogP contribution in [0.3, 0.4) is 0 Å². The van der Waals surface area contributed by atoms with Crippen LogP contribution in [0.1, 0.15) is 44.2 Å². The van der Waals surface area contributed by atoms with Gasteiger partial charge in [0.2, 0.25) is 5.88 Å². The number of hydrogen-bond acceptors (Lipinski definition) is 4. The average Bonchev–Trinajstić information content (AvgIpc) is 2.47. The van der Waals surface area contributed by atoms with E-state index >= 15 is 0 Å². The molecule has 0 radical (unpaired) electrons. The van der Waals surface area contributed by atoms with Gasteiger partial charge >= 0.3 is 0 Å². The molecule has 4 nitrogen and oxygen atoms in total. The lowest BCUT2D eigenvalue weighted by Crippen LogP contribution is -2.09. The van der Waals surface area contributed by atoms with Crippen molar-refractivity contribution in [3.05, 3.63) is 41.7 Å². The van der Waals surface area contributed by atoms with Gasteiger partial charge in [0.15, 0.2) is 0 Å². The van der Waals surface area contributed by atoms with Crippen molar-refractivity contribution in [2.24, 2.45) is 0 Å². The number of rotatable bonds is 6. The first-order valence-corrected chi connectivity index (χ1v) is 7.45. The first-order valence-electron chi connectivity index (χ1n) is 7.45. The average molecular weight is 285 g/mol. The Labute approximate surface area is 126 Å². The first kappa shape index (κ1) is 15.3. The van der Waals surface area contributed by atoms with Crippen molar-refractivity contribution in [1.29, 1.82) is 0 Å².